The third-order valence-corrected chi connectivity index (χ3v) is 31.6. The van der Waals surface area contributed by atoms with Gasteiger partial charge in [0.1, 0.15) is 0 Å². The molecule has 27 aromatic rings. The van der Waals surface area contributed by atoms with Crippen LogP contribution in [0.4, 0.5) is 0 Å². The number of hydrogen-bond acceptors (Lipinski definition) is 2. The average molecular weight is 1790 g/mol. The summed E-state index contributed by atoms with van der Waals surface area (Å²) < 4.78 is 9.75. The van der Waals surface area contributed by atoms with Crippen LogP contribution in [0, 0.1) is 0 Å². The largest absolute Gasteiger partial charge is 0.309 e. The van der Waals surface area contributed by atoms with Crippen molar-refractivity contribution in [2.45, 2.75) is 16.2 Å². The first-order chi connectivity index (χ1) is 69.9. The molecule has 3 aliphatic carbocycles. The molecule has 22 aromatic carbocycles. The van der Waals surface area contributed by atoms with E-state index in [0.717, 1.165) is 122 Å². The molecule has 0 N–H and O–H groups in total. The molecule has 0 atom stereocenters. The molecule has 0 spiro atoms. The highest BCUT2D eigenvalue weighted by Gasteiger charge is 2.50. The van der Waals surface area contributed by atoms with Crippen molar-refractivity contribution in [1.29, 1.82) is 0 Å². The van der Waals surface area contributed by atoms with E-state index in [9.17, 15) is 0 Å². The number of para-hydroxylation sites is 4. The molecule has 0 saturated heterocycles. The van der Waals surface area contributed by atoms with Gasteiger partial charge in [-0.3, -0.25) is 4.57 Å². The van der Waals surface area contributed by atoms with Crippen LogP contribution in [0.5, 0.6) is 0 Å². The Morgan fingerprint density at radius 1 is 0.156 bits per heavy atom. The molecule has 0 saturated carbocycles. The van der Waals surface area contributed by atoms with Gasteiger partial charge in [-0.15, -0.1) is 0 Å². The third-order valence-electron chi connectivity index (χ3n) is 31.6. The molecule has 0 unspecified atom stereocenters. The maximum Gasteiger partial charge on any atom is 0.235 e. The topological polar surface area (TPSA) is 45.5 Å². The molecule has 5 heterocycles. The van der Waals surface area contributed by atoms with Crippen molar-refractivity contribution in [2.75, 3.05) is 0 Å². The lowest BCUT2D eigenvalue weighted by Crippen LogP contribution is -2.28. The minimum absolute atomic E-state index is 0.531. The van der Waals surface area contributed by atoms with Crippen LogP contribution >= 0.6 is 0 Å². The first kappa shape index (κ1) is 78.9. The zero-order chi connectivity index (χ0) is 92.3. The van der Waals surface area contributed by atoms with Gasteiger partial charge < -0.3 is 13.7 Å². The first-order valence-electron chi connectivity index (χ1n) is 48.9. The highest BCUT2D eigenvalue weighted by molar-refractivity contribution is 6.17. The number of hydrogen-bond donors (Lipinski definition) is 0. The van der Waals surface area contributed by atoms with Gasteiger partial charge in [0.25, 0.3) is 0 Å². The van der Waals surface area contributed by atoms with E-state index in [1.807, 2.05) is 0 Å². The summed E-state index contributed by atoms with van der Waals surface area (Å²) in [5, 5.41) is 12.5. The molecule has 0 bridgehead atoms. The summed E-state index contributed by atoms with van der Waals surface area (Å²) in [6.45, 7) is 0. The maximum atomic E-state index is 6.01. The zero-order valence-electron chi connectivity index (χ0n) is 76.7. The molecule has 0 aliphatic heterocycles. The van der Waals surface area contributed by atoms with Crippen molar-refractivity contribution in [3.8, 4) is 89.9 Å². The van der Waals surface area contributed by atoms with Gasteiger partial charge in [-0.2, -0.15) is 0 Å². The Labute approximate surface area is 813 Å². The Balaban J connectivity index is 0.562. The van der Waals surface area contributed by atoms with Gasteiger partial charge in [0.05, 0.1) is 71.6 Å². The molecule has 5 aromatic heterocycles. The highest BCUT2D eigenvalue weighted by Crippen LogP contribution is 2.61. The van der Waals surface area contributed by atoms with Crippen molar-refractivity contribution >= 4 is 109 Å². The predicted octanol–water partition coefficient (Wildman–Crippen LogP) is 33.3. The molecule has 6 nitrogen and oxygen atoms in total. The second-order valence-corrected chi connectivity index (χ2v) is 38.4. The smallest absolute Gasteiger partial charge is 0.235 e. The standard InChI is InChI=1S/C135H84N6/c1-7-33-91(34-8-1)133(92-35-9-2-10-36-92)116-52-26-19-45-101(116)104-68-60-90(82-119(104)133)130-111-69-59-89-77-97(138-122-55-29-22-48-107(122)112-78-85(61-73-126(112)138)86-62-74-127-113(79-86)108-49-23-30-56-123(108)139(127)98-66-71-105-102-46-20-27-53-117(102)134(120(105)83-98,93-37-11-3-12-38-93)94-39-13-4-14-40-94)65-70-100(89)131(111)137-132(136-130)141-125-58-32-25-51-110(125)115-81-88(64-76-129(115)141)87-63-75-128-114(80-87)109-50-24-31-57-124(109)140(128)99-67-72-106-103-47-21-28-54-118(103)135(121(106)84-99,95-41-15-5-16-42-95)96-43-17-6-18-44-96/h1-84H. The highest BCUT2D eigenvalue weighted by atomic mass is 15.2. The van der Waals surface area contributed by atoms with Crippen LogP contribution in [-0.4, -0.2) is 28.2 Å². The van der Waals surface area contributed by atoms with Gasteiger partial charge in [0.15, 0.2) is 0 Å². The van der Waals surface area contributed by atoms with Crippen molar-refractivity contribution in [2.24, 2.45) is 0 Å². The van der Waals surface area contributed by atoms with Gasteiger partial charge in [-0.1, -0.05) is 388 Å². The minimum atomic E-state index is -0.645. The molecule has 654 valence electrons. The van der Waals surface area contributed by atoms with Crippen LogP contribution in [0.3, 0.4) is 0 Å². The van der Waals surface area contributed by atoms with Crippen molar-refractivity contribution in [3.63, 3.8) is 0 Å². The van der Waals surface area contributed by atoms with Gasteiger partial charge in [-0.25, -0.2) is 9.97 Å². The Morgan fingerprint density at radius 2 is 0.426 bits per heavy atom. The van der Waals surface area contributed by atoms with Crippen LogP contribution in [0.2, 0.25) is 0 Å². The van der Waals surface area contributed by atoms with Crippen molar-refractivity contribution in [3.05, 3.63) is 576 Å². The number of aromatic nitrogens is 6. The van der Waals surface area contributed by atoms with Crippen LogP contribution in [-0.2, 0) is 16.2 Å². The van der Waals surface area contributed by atoms with E-state index < -0.39 is 16.2 Å². The minimum Gasteiger partial charge on any atom is -0.309 e. The SMILES string of the molecule is c1ccc(C2(c3ccccc3)c3ccccc3-c3ccc(-c4nc(-n5c6ccccc6c6cc(-c7ccc8c(c7)c7ccccc7n8-c7ccc8c(c7)C(c7ccccc7)(c7ccccc7)c7ccccc7-8)ccc65)nc5c4ccc4cc(-n6c7ccccc7c7cc(-c8ccc9c(c8)c8ccccc8n9-c8ccc9c(c8)C(c8ccccc8)(c8ccccc8)c8ccccc8-9)ccc76)ccc45)cc32)cc1. The van der Waals surface area contributed by atoms with Crippen LogP contribution < -0.4 is 0 Å². The predicted molar refractivity (Wildman–Crippen MR) is 583 cm³/mol. The fourth-order valence-electron chi connectivity index (χ4n) is 25.8. The lowest BCUT2D eigenvalue weighted by Gasteiger charge is -2.34. The average Bonchev–Trinajstić information content (AvgIpc) is 1.54. The van der Waals surface area contributed by atoms with E-state index in [1.54, 1.807) is 0 Å². The monoisotopic (exact) mass is 1790 g/mol. The van der Waals surface area contributed by atoms with Gasteiger partial charge in [0.2, 0.25) is 5.95 Å². The summed E-state index contributed by atoms with van der Waals surface area (Å²) >= 11 is 0. The fraction of sp³-hybridized carbons (Fsp3) is 0.0222. The quantitative estimate of drug-likeness (QED) is 0.108. The van der Waals surface area contributed by atoms with E-state index in [0.29, 0.717) is 5.95 Å². The summed E-state index contributed by atoms with van der Waals surface area (Å²) in [7, 11) is 0. The second kappa shape index (κ2) is 30.3. The van der Waals surface area contributed by atoms with Crippen LogP contribution in [0.25, 0.3) is 199 Å². The summed E-state index contributed by atoms with van der Waals surface area (Å²) in [5.74, 6) is 0.590. The Kier molecular flexibility index (Phi) is 17.0. The Morgan fingerprint density at radius 3 is 0.794 bits per heavy atom. The molecule has 3 aliphatic rings. The van der Waals surface area contributed by atoms with E-state index in [2.05, 4.69) is 528 Å². The fourth-order valence-corrected chi connectivity index (χ4v) is 25.8. The van der Waals surface area contributed by atoms with Gasteiger partial charge >= 0.3 is 0 Å². The summed E-state index contributed by atoms with van der Waals surface area (Å²) in [5.41, 5.74) is 40.3. The third kappa shape index (κ3) is 11.1. The number of fused-ring (bicyclic) bond motifs is 24. The first-order valence-corrected chi connectivity index (χ1v) is 48.9. The molecule has 0 amide bonds. The van der Waals surface area contributed by atoms with Crippen LogP contribution in [0.1, 0.15) is 66.8 Å². The number of rotatable bonds is 13. The van der Waals surface area contributed by atoms with Gasteiger partial charge in [-0.05, 0) is 249 Å². The molecular formula is C135H84N6. The lowest BCUT2D eigenvalue weighted by molar-refractivity contribution is 0.767. The molecule has 30 rings (SSSR count). The maximum absolute atomic E-state index is 6.01. The summed E-state index contributed by atoms with van der Waals surface area (Å²) in [6, 6.07) is 191. The molecule has 0 fully saturated rings. The number of benzene rings is 22. The van der Waals surface area contributed by atoms with Crippen LogP contribution in [0.15, 0.2) is 510 Å². The molecule has 6 heteroatoms. The second-order valence-electron chi connectivity index (χ2n) is 38.4. The van der Waals surface area contributed by atoms with E-state index >= 15 is 0 Å². The number of nitrogens with zero attached hydrogens (tertiary/aromatic N) is 6. The Hall–Kier alpha value is -18.4. The molecule has 141 heavy (non-hydrogen) atoms. The van der Waals surface area contributed by atoms with E-state index in [-0.39, 0.29) is 0 Å². The molecular weight excluding hydrogens is 1710 g/mol. The zero-order valence-corrected chi connectivity index (χ0v) is 76.7. The summed E-state index contributed by atoms with van der Waals surface area (Å²) in [6.07, 6.45) is 0. The lowest BCUT2D eigenvalue weighted by atomic mass is 9.67. The van der Waals surface area contributed by atoms with E-state index in [4.69, 9.17) is 9.97 Å². The Bertz CT molecular complexity index is 9820. The molecule has 0 radical (unpaired) electrons. The normalized spacial score (nSPS) is 13.6. The van der Waals surface area contributed by atoms with Crippen molar-refractivity contribution in [1.82, 2.24) is 28.2 Å². The van der Waals surface area contributed by atoms with Crippen molar-refractivity contribution < 1.29 is 0 Å². The summed E-state index contributed by atoms with van der Waals surface area (Å²) in [4.78, 5) is 12.0. The van der Waals surface area contributed by atoms with E-state index in [1.165, 1.54) is 138 Å². The van der Waals surface area contributed by atoms with Gasteiger partial charge in [0, 0.05) is 76.5 Å².